The maximum Gasteiger partial charge on any atom is 0.243 e. The molecule has 2 aliphatic heterocycles. The Bertz CT molecular complexity index is 4180. The minimum Gasteiger partial charge on any atom is -0.298 e. The van der Waals surface area contributed by atoms with E-state index >= 15 is 0 Å². The minimum absolute atomic E-state index is 0.0106. The molecule has 7 aromatic carbocycles. The zero-order chi connectivity index (χ0) is 69.1. The molecule has 20 nitrogen and oxygen atoms in total. The minimum atomic E-state index is -4.19. The van der Waals surface area contributed by atoms with Crippen LogP contribution in [0.1, 0.15) is 70.2 Å². The van der Waals surface area contributed by atoms with Crippen molar-refractivity contribution in [3.05, 3.63) is 214 Å². The molecule has 0 unspecified atom stereocenters. The van der Waals surface area contributed by atoms with Crippen molar-refractivity contribution < 1.29 is 50.5 Å². The van der Waals surface area contributed by atoms with Gasteiger partial charge in [-0.15, -0.1) is 0 Å². The number of benzene rings is 7. The average molecular weight is 1430 g/mol. The Morgan fingerprint density at radius 1 is 0.229 bits per heavy atom. The van der Waals surface area contributed by atoms with Crippen LogP contribution >= 0.6 is 0 Å². The number of hydrogen-bond acceptors (Lipinski definition) is 14. The lowest BCUT2D eigenvalue weighted by atomic mass is 10.1. The van der Waals surface area contributed by atoms with Gasteiger partial charge in [0.15, 0.2) is 0 Å². The molecule has 0 bridgehead atoms. The summed E-state index contributed by atoms with van der Waals surface area (Å²) in [6, 6.07) is 47.0. The third-order valence-electron chi connectivity index (χ3n) is 17.7. The van der Waals surface area contributed by atoms with Gasteiger partial charge in [-0.3, -0.25) is 9.80 Å². The van der Waals surface area contributed by atoms with Crippen molar-refractivity contribution in [2.45, 2.75) is 110 Å². The molecule has 0 atom stereocenters. The van der Waals surface area contributed by atoms with Gasteiger partial charge in [-0.25, -0.2) is 50.5 Å². The quantitative estimate of drug-likeness (QED) is 0.0880. The third kappa shape index (κ3) is 18.8. The number of sulfonamides is 6. The highest BCUT2D eigenvalue weighted by molar-refractivity contribution is 7.90. The second-order valence-electron chi connectivity index (χ2n) is 25.1. The summed E-state index contributed by atoms with van der Waals surface area (Å²) in [7, 11) is -25.0. The van der Waals surface area contributed by atoms with Crippen molar-refractivity contribution in [2.75, 3.05) is 105 Å². The molecule has 518 valence electrons. The molecule has 0 aromatic heterocycles. The maximum absolute atomic E-state index is 14.7. The third-order valence-corrected chi connectivity index (χ3v) is 29.2. The lowest BCUT2D eigenvalue weighted by molar-refractivity contribution is 0.221. The van der Waals surface area contributed by atoms with E-state index in [1.807, 2.05) is 65.8 Å². The number of aryl methyl sites for hydroxylation is 6. The Morgan fingerprint density at radius 2 is 0.406 bits per heavy atom. The molecule has 0 N–H and O–H groups in total. The lowest BCUT2D eigenvalue weighted by Gasteiger charge is -2.32. The molecule has 0 radical (unpaired) electrons. The van der Waals surface area contributed by atoms with Crippen LogP contribution in [-0.2, 0) is 73.2 Å². The van der Waals surface area contributed by atoms with E-state index in [-0.39, 0.29) is 147 Å². The van der Waals surface area contributed by atoms with E-state index in [1.165, 1.54) is 50.1 Å². The van der Waals surface area contributed by atoms with Crippen molar-refractivity contribution >= 4 is 60.1 Å². The monoisotopic (exact) mass is 1430 g/mol. The first-order valence-electron chi connectivity index (χ1n) is 32.5. The van der Waals surface area contributed by atoms with Crippen LogP contribution in [0.4, 0.5) is 0 Å². The zero-order valence-corrected chi connectivity index (χ0v) is 60.5. The Hall–Kier alpha value is -6.08. The summed E-state index contributed by atoms with van der Waals surface area (Å²) in [5.41, 5.74) is 6.91. The highest BCUT2D eigenvalue weighted by Gasteiger charge is 2.34. The largest absolute Gasteiger partial charge is 0.298 e. The summed E-state index contributed by atoms with van der Waals surface area (Å²) in [4.78, 5) is 4.59. The Labute approximate surface area is 571 Å². The van der Waals surface area contributed by atoms with Crippen LogP contribution in [0.25, 0.3) is 0 Å². The Kier molecular flexibility index (Phi) is 24.9. The van der Waals surface area contributed by atoms with Gasteiger partial charge in [0.05, 0.1) is 29.4 Å². The van der Waals surface area contributed by atoms with Crippen LogP contribution < -0.4 is 0 Å². The van der Waals surface area contributed by atoms with Crippen LogP contribution in [0.2, 0.25) is 0 Å². The van der Waals surface area contributed by atoms with Gasteiger partial charge in [0, 0.05) is 105 Å². The van der Waals surface area contributed by atoms with E-state index in [0.717, 1.165) is 44.5 Å². The maximum atomic E-state index is 14.7. The summed E-state index contributed by atoms with van der Waals surface area (Å²) in [5.74, 6) is 0. The molecule has 26 heteroatoms. The van der Waals surface area contributed by atoms with Gasteiger partial charge < -0.3 is 0 Å². The van der Waals surface area contributed by atoms with Gasteiger partial charge in [0.25, 0.3) is 0 Å². The van der Waals surface area contributed by atoms with Crippen molar-refractivity contribution in [1.82, 2.24) is 35.6 Å². The summed E-state index contributed by atoms with van der Waals surface area (Å²) >= 11 is 0. The molecular formula is C70H90N8O12S6. The van der Waals surface area contributed by atoms with Crippen molar-refractivity contribution in [2.24, 2.45) is 0 Å². The SMILES string of the molecule is Cc1ccc(S(=O)(=O)N2CCCN(S(=O)(=O)c3ccc(C)cc3)CCN(S(=O)(=O)c3ccc(C)cc3)CCCN(Cc3cccc(CN4CCCN(S(=O)(=O)c5ccc(C)cc5)CCN(S(=O)(=O)c5ccc(C)cc5)CCCN(S(=O)(=O)c5ccc(C)cc5)CC4)c3)CC2)cc1. The fourth-order valence-electron chi connectivity index (χ4n) is 11.9. The summed E-state index contributed by atoms with van der Waals surface area (Å²) in [5, 5.41) is 0. The number of rotatable bonds is 16. The molecule has 0 saturated carbocycles. The summed E-state index contributed by atoms with van der Waals surface area (Å²) in [6.45, 7) is 11.8. The first-order chi connectivity index (χ1) is 45.5. The summed E-state index contributed by atoms with van der Waals surface area (Å²) < 4.78 is 184. The standard InChI is InChI=1S/C70H90N8O12S6/c1-57-14-26-65(27-15-57)91(79,80)73-42-10-44-77(95(87,88)69-34-22-61(5)23-35-69)52-50-75(93(83,84)67-30-18-59(3)19-31-67)40-8-38-71(46-48-73)55-63-12-7-13-64(54-63)56-72-39-9-41-76(94(85,86)68-32-20-60(4)21-33-68)51-53-78(96(89,90)70-36-24-62(6)25-37-70)45-11-43-74(49-47-72)92(81,82)66-28-16-58(2)17-29-66/h7,12-37,54H,8-11,38-53,55-56H2,1-6H3. The fourth-order valence-corrected chi connectivity index (χ4v) is 20.7. The van der Waals surface area contributed by atoms with Crippen molar-refractivity contribution in [3.63, 3.8) is 0 Å². The second-order valence-corrected chi connectivity index (χ2v) is 36.7. The van der Waals surface area contributed by atoms with Crippen LogP contribution in [0.5, 0.6) is 0 Å². The molecule has 0 amide bonds. The first-order valence-corrected chi connectivity index (χ1v) is 41.1. The van der Waals surface area contributed by atoms with E-state index < -0.39 is 60.1 Å². The lowest BCUT2D eigenvalue weighted by Crippen LogP contribution is -2.45. The molecule has 9 rings (SSSR count). The van der Waals surface area contributed by atoms with E-state index in [1.54, 1.807) is 121 Å². The molecule has 2 fully saturated rings. The molecule has 96 heavy (non-hydrogen) atoms. The molecule has 7 aromatic rings. The van der Waals surface area contributed by atoms with E-state index in [4.69, 9.17) is 0 Å². The normalized spacial score (nSPS) is 18.1. The first kappa shape index (κ1) is 74.2. The van der Waals surface area contributed by atoms with E-state index in [2.05, 4.69) is 9.80 Å². The van der Waals surface area contributed by atoms with Crippen LogP contribution in [0.3, 0.4) is 0 Å². The molecule has 2 aliphatic rings. The zero-order valence-electron chi connectivity index (χ0n) is 55.6. The van der Waals surface area contributed by atoms with Gasteiger partial charge >= 0.3 is 0 Å². The highest BCUT2D eigenvalue weighted by Crippen LogP contribution is 2.27. The molecule has 2 saturated heterocycles. The van der Waals surface area contributed by atoms with Gasteiger partial charge in [-0.2, -0.15) is 25.8 Å². The predicted octanol–water partition coefficient (Wildman–Crippen LogP) is 8.87. The van der Waals surface area contributed by atoms with Crippen LogP contribution in [0.15, 0.2) is 199 Å². The molecule has 2 heterocycles. The van der Waals surface area contributed by atoms with Gasteiger partial charge in [-0.05, 0) is 164 Å². The molecular weight excluding hydrogens is 1340 g/mol. The Morgan fingerprint density at radius 3 is 0.604 bits per heavy atom. The molecule has 0 spiro atoms. The van der Waals surface area contributed by atoms with E-state index in [9.17, 15) is 50.5 Å². The van der Waals surface area contributed by atoms with Gasteiger partial charge in [0.1, 0.15) is 0 Å². The van der Waals surface area contributed by atoms with Crippen LogP contribution in [0, 0.1) is 41.5 Å². The fraction of sp³-hybridized carbons (Fsp3) is 0.400. The second kappa shape index (κ2) is 32.3. The Balaban J connectivity index is 1.02. The van der Waals surface area contributed by atoms with Crippen molar-refractivity contribution in [1.29, 1.82) is 0 Å². The van der Waals surface area contributed by atoms with Crippen molar-refractivity contribution in [3.8, 4) is 0 Å². The predicted molar refractivity (Wildman–Crippen MR) is 375 cm³/mol. The topological polar surface area (TPSA) is 231 Å². The van der Waals surface area contributed by atoms with E-state index in [0.29, 0.717) is 26.2 Å². The average Bonchev–Trinajstić information content (AvgIpc) is 0.904. The summed E-state index contributed by atoms with van der Waals surface area (Å²) in [6.07, 6.45) is 0.751. The van der Waals surface area contributed by atoms with Gasteiger partial charge in [0.2, 0.25) is 60.1 Å². The number of nitrogens with zero attached hydrogens (tertiary/aromatic N) is 8. The number of hydrogen-bond donors (Lipinski definition) is 0. The van der Waals surface area contributed by atoms with Gasteiger partial charge in [-0.1, -0.05) is 130 Å². The van der Waals surface area contributed by atoms with Crippen LogP contribution in [-0.4, -0.2) is 191 Å². The molecule has 0 aliphatic carbocycles. The highest BCUT2D eigenvalue weighted by atomic mass is 32.2. The smallest absolute Gasteiger partial charge is 0.243 e.